The Kier molecular flexibility index (Phi) is 3.22. The molecule has 1 heterocycles. The van der Waals surface area contributed by atoms with Gasteiger partial charge in [-0.15, -0.1) is 0 Å². The van der Waals surface area contributed by atoms with Crippen molar-refractivity contribution in [3.05, 3.63) is 29.3 Å². The highest BCUT2D eigenvalue weighted by atomic mass is 16.5. The third kappa shape index (κ3) is 1.89. The second-order valence-electron chi connectivity index (χ2n) is 5.27. The molecule has 106 valence electrons. The van der Waals surface area contributed by atoms with E-state index in [1.54, 1.807) is 13.2 Å². The van der Waals surface area contributed by atoms with Crippen LogP contribution in [0.15, 0.2) is 18.2 Å². The molecule has 3 rings (SSSR count). The van der Waals surface area contributed by atoms with Crippen LogP contribution in [0.3, 0.4) is 0 Å². The van der Waals surface area contributed by atoms with Crippen LogP contribution in [0.1, 0.15) is 28.3 Å². The number of ether oxygens (including phenoxy) is 2. The number of Topliss-reactive ketones (excluding diaryl/α,β-unsaturated/α-hetero) is 1. The SMILES string of the molecule is COC(=O)[C@H]1NC[C@H]2C[C@@H]1c1ccc(OC)cc1C2=O. The second kappa shape index (κ2) is 4.90. The maximum atomic E-state index is 12.4. The van der Waals surface area contributed by atoms with Crippen LogP contribution >= 0.6 is 0 Å². The molecule has 5 heteroatoms. The van der Waals surface area contributed by atoms with E-state index in [4.69, 9.17) is 9.47 Å². The largest absolute Gasteiger partial charge is 0.497 e. The minimum atomic E-state index is -0.378. The van der Waals surface area contributed by atoms with E-state index in [2.05, 4.69) is 5.32 Å². The lowest BCUT2D eigenvalue weighted by Crippen LogP contribution is -2.53. The van der Waals surface area contributed by atoms with Gasteiger partial charge in [0.05, 0.1) is 14.2 Å². The molecule has 0 unspecified atom stereocenters. The van der Waals surface area contributed by atoms with Gasteiger partial charge in [-0.05, 0) is 24.1 Å². The van der Waals surface area contributed by atoms with Crippen molar-refractivity contribution in [1.82, 2.24) is 5.32 Å². The monoisotopic (exact) mass is 275 g/mol. The quantitative estimate of drug-likeness (QED) is 0.820. The number of nitrogens with one attached hydrogen (secondary N) is 1. The fourth-order valence-corrected chi connectivity index (χ4v) is 3.24. The Hall–Kier alpha value is -1.88. The van der Waals surface area contributed by atoms with Crippen LogP contribution in [0.2, 0.25) is 0 Å². The summed E-state index contributed by atoms with van der Waals surface area (Å²) in [6, 6.07) is 5.11. The topological polar surface area (TPSA) is 64.6 Å². The van der Waals surface area contributed by atoms with Gasteiger partial charge in [-0.3, -0.25) is 9.59 Å². The number of methoxy groups -OCH3 is 2. The van der Waals surface area contributed by atoms with Gasteiger partial charge in [0.1, 0.15) is 11.8 Å². The number of rotatable bonds is 2. The van der Waals surface area contributed by atoms with Crippen LogP contribution in [-0.4, -0.2) is 38.6 Å². The van der Waals surface area contributed by atoms with Crippen molar-refractivity contribution in [1.29, 1.82) is 0 Å². The molecule has 2 bridgehead atoms. The predicted octanol–water partition coefficient (Wildman–Crippen LogP) is 1.13. The van der Waals surface area contributed by atoms with E-state index in [1.807, 2.05) is 12.1 Å². The van der Waals surface area contributed by atoms with Crippen molar-refractivity contribution in [2.24, 2.45) is 5.92 Å². The molecule has 20 heavy (non-hydrogen) atoms. The molecule has 1 fully saturated rings. The van der Waals surface area contributed by atoms with Gasteiger partial charge in [-0.2, -0.15) is 0 Å². The summed E-state index contributed by atoms with van der Waals surface area (Å²) in [5.41, 5.74) is 1.59. The Morgan fingerprint density at radius 2 is 2.15 bits per heavy atom. The number of hydrogen-bond donors (Lipinski definition) is 1. The van der Waals surface area contributed by atoms with Gasteiger partial charge < -0.3 is 14.8 Å². The lowest BCUT2D eigenvalue weighted by atomic mass is 9.70. The Morgan fingerprint density at radius 1 is 1.35 bits per heavy atom. The molecule has 0 aromatic heterocycles. The first-order valence-electron chi connectivity index (χ1n) is 6.69. The zero-order valence-corrected chi connectivity index (χ0v) is 11.5. The Bertz CT molecular complexity index is 569. The third-order valence-electron chi connectivity index (χ3n) is 4.28. The average molecular weight is 275 g/mol. The third-order valence-corrected chi connectivity index (χ3v) is 4.28. The summed E-state index contributed by atoms with van der Waals surface area (Å²) in [6.07, 6.45) is 0.699. The Balaban J connectivity index is 2.06. The van der Waals surface area contributed by atoms with Gasteiger partial charge in [-0.25, -0.2) is 0 Å². The number of esters is 1. The summed E-state index contributed by atoms with van der Waals surface area (Å²) in [5, 5.41) is 3.15. The molecule has 0 saturated carbocycles. The molecular formula is C15H17NO4. The number of ketones is 1. The lowest BCUT2D eigenvalue weighted by molar-refractivity contribution is -0.144. The fraction of sp³-hybridized carbons (Fsp3) is 0.467. The van der Waals surface area contributed by atoms with E-state index in [1.165, 1.54) is 7.11 Å². The van der Waals surface area contributed by atoms with Crippen LogP contribution in [0.25, 0.3) is 0 Å². The Morgan fingerprint density at radius 3 is 2.85 bits per heavy atom. The van der Waals surface area contributed by atoms with Gasteiger partial charge in [0, 0.05) is 23.9 Å². The molecule has 0 radical (unpaired) electrons. The molecule has 1 saturated heterocycles. The van der Waals surface area contributed by atoms with E-state index in [0.29, 0.717) is 24.3 Å². The highest BCUT2D eigenvalue weighted by Gasteiger charge is 2.44. The van der Waals surface area contributed by atoms with Crippen molar-refractivity contribution < 1.29 is 19.1 Å². The summed E-state index contributed by atoms with van der Waals surface area (Å²) in [7, 11) is 2.97. The first-order chi connectivity index (χ1) is 9.65. The molecule has 1 aliphatic carbocycles. The molecule has 2 aliphatic rings. The number of carbonyl (C=O) groups is 2. The summed E-state index contributed by atoms with van der Waals surface area (Å²) in [6.45, 7) is 0.520. The highest BCUT2D eigenvalue weighted by Crippen LogP contribution is 2.41. The summed E-state index contributed by atoms with van der Waals surface area (Å²) < 4.78 is 10.0. The minimum Gasteiger partial charge on any atom is -0.497 e. The molecular weight excluding hydrogens is 258 g/mol. The first-order valence-corrected chi connectivity index (χ1v) is 6.69. The van der Waals surface area contributed by atoms with Crippen LogP contribution in [0.5, 0.6) is 5.75 Å². The van der Waals surface area contributed by atoms with Gasteiger partial charge in [-0.1, -0.05) is 6.07 Å². The van der Waals surface area contributed by atoms with Crippen molar-refractivity contribution in [3.63, 3.8) is 0 Å². The molecule has 1 N–H and O–H groups in total. The molecule has 0 amide bonds. The molecule has 0 spiro atoms. The first kappa shape index (κ1) is 13.1. The van der Waals surface area contributed by atoms with Crippen molar-refractivity contribution in [2.45, 2.75) is 18.4 Å². The molecule has 5 nitrogen and oxygen atoms in total. The van der Waals surface area contributed by atoms with Gasteiger partial charge in [0.2, 0.25) is 0 Å². The van der Waals surface area contributed by atoms with E-state index in [0.717, 1.165) is 5.56 Å². The zero-order chi connectivity index (χ0) is 14.3. The molecule has 1 aromatic carbocycles. The number of benzene rings is 1. The van der Waals surface area contributed by atoms with E-state index in [-0.39, 0.29) is 29.6 Å². The maximum Gasteiger partial charge on any atom is 0.323 e. The van der Waals surface area contributed by atoms with Gasteiger partial charge >= 0.3 is 5.97 Å². The number of hydrogen-bond acceptors (Lipinski definition) is 5. The minimum absolute atomic E-state index is 0.0141. The maximum absolute atomic E-state index is 12.4. The predicted molar refractivity (Wildman–Crippen MR) is 72.0 cm³/mol. The van der Waals surface area contributed by atoms with E-state index >= 15 is 0 Å². The summed E-state index contributed by atoms with van der Waals surface area (Å²) in [5.74, 6) is 0.440. The van der Waals surface area contributed by atoms with Crippen LogP contribution < -0.4 is 10.1 Å². The number of carbonyl (C=O) groups excluding carboxylic acids is 2. The fourth-order valence-electron chi connectivity index (χ4n) is 3.24. The van der Waals surface area contributed by atoms with Crippen molar-refractivity contribution in [2.75, 3.05) is 20.8 Å². The number of piperidine rings is 1. The molecule has 3 atom stereocenters. The van der Waals surface area contributed by atoms with E-state index < -0.39 is 0 Å². The van der Waals surface area contributed by atoms with Gasteiger partial charge in [0.25, 0.3) is 0 Å². The standard InChI is InChI=1S/C15H17NO4/c1-19-9-3-4-10-11-5-8(14(17)12(10)6-9)7-16-13(11)15(18)20-2/h3-4,6,8,11,13,16H,5,7H2,1-2H3/t8-,11-,13+/m1/s1. The van der Waals surface area contributed by atoms with Crippen molar-refractivity contribution >= 4 is 11.8 Å². The number of fused-ring (bicyclic) bond motifs is 4. The van der Waals surface area contributed by atoms with Crippen LogP contribution in [-0.2, 0) is 9.53 Å². The second-order valence-corrected chi connectivity index (χ2v) is 5.27. The van der Waals surface area contributed by atoms with Crippen LogP contribution in [0, 0.1) is 5.92 Å². The van der Waals surface area contributed by atoms with E-state index in [9.17, 15) is 9.59 Å². The highest BCUT2D eigenvalue weighted by molar-refractivity contribution is 6.02. The summed E-state index contributed by atoms with van der Waals surface area (Å²) >= 11 is 0. The van der Waals surface area contributed by atoms with Gasteiger partial charge in [0.15, 0.2) is 5.78 Å². The summed E-state index contributed by atoms with van der Waals surface area (Å²) in [4.78, 5) is 24.3. The molecule has 1 aromatic rings. The molecule has 1 aliphatic heterocycles. The van der Waals surface area contributed by atoms with Crippen molar-refractivity contribution in [3.8, 4) is 5.75 Å². The lowest BCUT2D eigenvalue weighted by Gasteiger charge is -2.40. The average Bonchev–Trinajstić information content (AvgIpc) is 2.51. The normalized spacial score (nSPS) is 27.7. The Labute approximate surface area is 117 Å². The smallest absolute Gasteiger partial charge is 0.323 e. The zero-order valence-electron chi connectivity index (χ0n) is 11.5. The van der Waals surface area contributed by atoms with Crippen LogP contribution in [0.4, 0.5) is 0 Å².